The molecule has 3 heteroatoms. The van der Waals surface area contributed by atoms with Crippen LogP contribution in [0.25, 0.3) is 0 Å². The predicted molar refractivity (Wildman–Crippen MR) is 28.8 cm³/mol. The Morgan fingerprint density at radius 3 is 2.71 bits per heavy atom. The Morgan fingerprint density at radius 2 is 2.57 bits per heavy atom. The Balaban J connectivity index is 3.02. The van der Waals surface area contributed by atoms with Crippen LogP contribution in [0.3, 0.4) is 0 Å². The molecule has 38 valence electrons. The number of thioether (sulfide) groups is 1. The highest BCUT2D eigenvalue weighted by Crippen LogP contribution is 1.93. The van der Waals surface area contributed by atoms with Gasteiger partial charge in [0.15, 0.2) is 0 Å². The van der Waals surface area contributed by atoms with Crippen molar-refractivity contribution < 1.29 is 4.79 Å². The summed E-state index contributed by atoms with van der Waals surface area (Å²) in [5.74, 6) is 0.364. The molecule has 7 heavy (non-hydrogen) atoms. The summed E-state index contributed by atoms with van der Waals surface area (Å²) in [6, 6.07) is 0. The highest BCUT2D eigenvalue weighted by molar-refractivity contribution is 8.04. The van der Waals surface area contributed by atoms with E-state index in [1.54, 1.807) is 5.40 Å². The van der Waals surface area contributed by atoms with Crippen molar-refractivity contribution in [3.05, 3.63) is 0 Å². The number of nitriles is 1. The van der Waals surface area contributed by atoms with Crippen molar-refractivity contribution in [3.63, 3.8) is 0 Å². The van der Waals surface area contributed by atoms with Crippen molar-refractivity contribution in [2.24, 2.45) is 0 Å². The van der Waals surface area contributed by atoms with E-state index < -0.39 is 0 Å². The number of rotatable bonds is 2. The maximum Gasteiger partial charge on any atom is 0.140 e. The molecule has 0 unspecified atom stereocenters. The molecular weight excluding hydrogens is 110 g/mol. The van der Waals surface area contributed by atoms with Gasteiger partial charge in [0.2, 0.25) is 0 Å². The zero-order valence-corrected chi connectivity index (χ0v) is 4.79. The third kappa shape index (κ3) is 5.51. The van der Waals surface area contributed by atoms with Gasteiger partial charge in [0.05, 0.1) is 5.75 Å². The van der Waals surface area contributed by atoms with E-state index in [9.17, 15) is 4.79 Å². The number of thiocyanates is 1. The molecule has 0 heterocycles. The fourth-order valence-electron chi connectivity index (χ4n) is 0.134. The van der Waals surface area contributed by atoms with Crippen LogP contribution in [-0.4, -0.2) is 11.5 Å². The Hall–Kier alpha value is -0.490. The average Bonchev–Trinajstić information content (AvgIpc) is 1.61. The van der Waals surface area contributed by atoms with Crippen LogP contribution in [-0.2, 0) is 4.79 Å². The zero-order valence-electron chi connectivity index (χ0n) is 3.97. The van der Waals surface area contributed by atoms with Gasteiger partial charge in [-0.1, -0.05) is 0 Å². The van der Waals surface area contributed by atoms with Gasteiger partial charge in [-0.25, -0.2) is 0 Å². The molecule has 0 saturated heterocycles. The van der Waals surface area contributed by atoms with E-state index in [1.165, 1.54) is 6.92 Å². The lowest BCUT2D eigenvalue weighted by molar-refractivity contribution is -0.114. The summed E-state index contributed by atoms with van der Waals surface area (Å²) in [5.41, 5.74) is 0. The molecule has 0 saturated carbocycles. The van der Waals surface area contributed by atoms with E-state index >= 15 is 0 Å². The lowest BCUT2D eigenvalue weighted by Gasteiger charge is -1.78. The second-order valence-electron chi connectivity index (χ2n) is 1.08. The normalized spacial score (nSPS) is 7.43. The van der Waals surface area contributed by atoms with E-state index in [1.807, 2.05) is 0 Å². The Kier molecular flexibility index (Phi) is 3.43. The van der Waals surface area contributed by atoms with Gasteiger partial charge in [-0.2, -0.15) is 5.26 Å². The van der Waals surface area contributed by atoms with Crippen LogP contribution in [0.15, 0.2) is 0 Å². The Labute approximate surface area is 46.5 Å². The molecule has 0 amide bonds. The molecule has 0 aromatic rings. The molecule has 0 radical (unpaired) electrons. The lowest BCUT2D eigenvalue weighted by atomic mass is 10.5. The topological polar surface area (TPSA) is 40.9 Å². The largest absolute Gasteiger partial charge is 0.299 e. The molecule has 0 bridgehead atoms. The third-order valence-electron chi connectivity index (χ3n) is 0.340. The second-order valence-corrected chi connectivity index (χ2v) is 1.84. The van der Waals surface area contributed by atoms with Gasteiger partial charge in [-0.3, -0.25) is 4.79 Å². The molecule has 0 aliphatic rings. The fraction of sp³-hybridized carbons (Fsp3) is 0.500. The maximum atomic E-state index is 10.0. The first-order chi connectivity index (χ1) is 3.27. The van der Waals surface area contributed by atoms with Crippen LogP contribution in [0.1, 0.15) is 6.92 Å². The highest BCUT2D eigenvalue weighted by Gasteiger charge is 1.88. The van der Waals surface area contributed by atoms with Gasteiger partial charge in [0, 0.05) is 0 Å². The first-order valence-corrected chi connectivity index (χ1v) is 2.76. The van der Waals surface area contributed by atoms with E-state index in [-0.39, 0.29) is 5.78 Å². The van der Waals surface area contributed by atoms with Crippen LogP contribution < -0.4 is 0 Å². The minimum Gasteiger partial charge on any atom is -0.299 e. The summed E-state index contributed by atoms with van der Waals surface area (Å²) in [7, 11) is 0. The van der Waals surface area contributed by atoms with Crippen molar-refractivity contribution in [3.8, 4) is 5.40 Å². The minimum atomic E-state index is 0.0477. The quantitative estimate of drug-likeness (QED) is 0.499. The Morgan fingerprint density at radius 1 is 2.00 bits per heavy atom. The number of hydrogen-bond acceptors (Lipinski definition) is 3. The van der Waals surface area contributed by atoms with Crippen molar-refractivity contribution in [2.75, 3.05) is 5.75 Å². The fourth-order valence-corrected chi connectivity index (χ4v) is 0.402. The van der Waals surface area contributed by atoms with Gasteiger partial charge >= 0.3 is 0 Å². The first-order valence-electron chi connectivity index (χ1n) is 1.77. The van der Waals surface area contributed by atoms with Gasteiger partial charge in [-0.15, -0.1) is 0 Å². The summed E-state index contributed by atoms with van der Waals surface area (Å²) >= 11 is 0.972. The van der Waals surface area contributed by atoms with Crippen LogP contribution in [0.2, 0.25) is 0 Å². The molecule has 0 aliphatic carbocycles. The van der Waals surface area contributed by atoms with E-state index in [0.717, 1.165) is 11.8 Å². The monoisotopic (exact) mass is 115 g/mol. The highest BCUT2D eigenvalue weighted by atomic mass is 32.2. The van der Waals surface area contributed by atoms with Crippen molar-refractivity contribution in [1.29, 1.82) is 5.26 Å². The summed E-state index contributed by atoms with van der Waals surface area (Å²) in [4.78, 5) is 10.0. The van der Waals surface area contributed by atoms with Crippen molar-refractivity contribution >= 4 is 17.5 Å². The predicted octanol–water partition coefficient (Wildman–Crippen LogP) is 0.790. The van der Waals surface area contributed by atoms with E-state index in [0.29, 0.717) is 5.75 Å². The van der Waals surface area contributed by atoms with Gasteiger partial charge in [0.25, 0.3) is 0 Å². The molecule has 0 atom stereocenters. The second kappa shape index (κ2) is 3.69. The van der Waals surface area contributed by atoms with Gasteiger partial charge < -0.3 is 0 Å². The third-order valence-corrected chi connectivity index (χ3v) is 1.02. The molecule has 0 spiro atoms. The van der Waals surface area contributed by atoms with E-state index in [2.05, 4.69) is 0 Å². The van der Waals surface area contributed by atoms with Gasteiger partial charge in [-0.05, 0) is 18.7 Å². The van der Waals surface area contributed by atoms with Crippen LogP contribution in [0.5, 0.6) is 0 Å². The molecule has 2 nitrogen and oxygen atoms in total. The SMILES string of the molecule is CC(=O)CSC#N. The van der Waals surface area contributed by atoms with Crippen LogP contribution in [0.4, 0.5) is 0 Å². The summed E-state index contributed by atoms with van der Waals surface area (Å²) in [6.45, 7) is 1.46. The molecule has 0 aromatic carbocycles. The average molecular weight is 115 g/mol. The molecule has 0 aliphatic heterocycles. The molecule has 0 rings (SSSR count). The lowest BCUT2D eigenvalue weighted by Crippen LogP contribution is -1.90. The van der Waals surface area contributed by atoms with Crippen LogP contribution in [0, 0.1) is 10.7 Å². The van der Waals surface area contributed by atoms with E-state index in [4.69, 9.17) is 5.26 Å². The standard InChI is InChI=1S/C4H5NOS/c1-4(6)2-7-3-5/h2H2,1H3. The smallest absolute Gasteiger partial charge is 0.140 e. The number of nitrogens with zero attached hydrogens (tertiary/aromatic N) is 1. The number of hydrogen-bond donors (Lipinski definition) is 0. The number of ketones is 1. The number of carbonyl (C=O) groups excluding carboxylic acids is 1. The minimum absolute atomic E-state index is 0.0477. The summed E-state index contributed by atoms with van der Waals surface area (Å²) in [6.07, 6.45) is 0. The summed E-state index contributed by atoms with van der Waals surface area (Å²) in [5, 5.41) is 9.67. The van der Waals surface area contributed by atoms with Crippen molar-refractivity contribution in [1.82, 2.24) is 0 Å². The molecular formula is C4H5NOS. The molecule has 0 fully saturated rings. The van der Waals surface area contributed by atoms with Crippen molar-refractivity contribution in [2.45, 2.75) is 6.92 Å². The van der Waals surface area contributed by atoms with Gasteiger partial charge in [0.1, 0.15) is 11.2 Å². The number of Topliss-reactive ketones (excluding diaryl/α,β-unsaturated/α-hetero) is 1. The number of carbonyl (C=O) groups is 1. The molecule has 0 N–H and O–H groups in total. The first kappa shape index (κ1) is 6.51. The zero-order chi connectivity index (χ0) is 5.70. The summed E-state index contributed by atoms with van der Waals surface area (Å²) < 4.78 is 0. The maximum absolute atomic E-state index is 10.0. The van der Waals surface area contributed by atoms with Crippen LogP contribution >= 0.6 is 11.8 Å². The molecule has 0 aromatic heterocycles. The Bertz CT molecular complexity index is 105.